The van der Waals surface area contributed by atoms with Crippen molar-refractivity contribution in [1.29, 1.82) is 5.26 Å². The van der Waals surface area contributed by atoms with E-state index < -0.39 is 15.9 Å². The Morgan fingerprint density at radius 2 is 2.12 bits per heavy atom. The lowest BCUT2D eigenvalue weighted by Crippen LogP contribution is -2.43. The van der Waals surface area contributed by atoms with Gasteiger partial charge in [0.1, 0.15) is 0 Å². The third-order valence-corrected chi connectivity index (χ3v) is 9.26. The number of hydrogen-bond acceptors (Lipinski definition) is 8. The van der Waals surface area contributed by atoms with Gasteiger partial charge in [-0.1, -0.05) is 11.2 Å². The molecule has 2 aromatic heterocycles. The van der Waals surface area contributed by atoms with Crippen molar-refractivity contribution < 1.29 is 17.7 Å². The maximum Gasteiger partial charge on any atom is 0.244 e. The number of nitrogens with one attached hydrogen (secondary N) is 1. The maximum absolute atomic E-state index is 13.5. The van der Waals surface area contributed by atoms with Gasteiger partial charge in [-0.25, -0.2) is 8.42 Å². The molecule has 1 N–H and O–H groups in total. The summed E-state index contributed by atoms with van der Waals surface area (Å²) in [5.74, 6) is 0.607. The molecule has 9 nitrogen and oxygen atoms in total. The zero-order valence-corrected chi connectivity index (χ0v) is 20.2. The third-order valence-electron chi connectivity index (χ3n) is 6.09. The molecule has 1 amide bonds. The second-order valence-electron chi connectivity index (χ2n) is 8.65. The van der Waals surface area contributed by atoms with Gasteiger partial charge in [0.2, 0.25) is 27.6 Å². The molecule has 3 aromatic rings. The molecule has 2 aliphatic rings. The summed E-state index contributed by atoms with van der Waals surface area (Å²) >= 11 is 1.32. The van der Waals surface area contributed by atoms with Crippen molar-refractivity contribution in [2.24, 2.45) is 5.92 Å². The van der Waals surface area contributed by atoms with Crippen LogP contribution in [0.1, 0.15) is 47.9 Å². The molecule has 1 atom stereocenters. The molecule has 3 heterocycles. The second-order valence-corrected chi connectivity index (χ2v) is 11.8. The Bertz CT molecular complexity index is 1380. The van der Waals surface area contributed by atoms with Crippen LogP contribution in [0.3, 0.4) is 0 Å². The molecule has 176 valence electrons. The Morgan fingerprint density at radius 3 is 2.88 bits per heavy atom. The Balaban J connectivity index is 1.32. The Kier molecular flexibility index (Phi) is 5.97. The molecule has 1 saturated carbocycles. The number of hydrogen-bond donors (Lipinski definition) is 1. The highest BCUT2D eigenvalue weighted by molar-refractivity contribution is 7.89. The lowest BCUT2D eigenvalue weighted by atomic mass is 9.98. The minimum absolute atomic E-state index is 0.102. The summed E-state index contributed by atoms with van der Waals surface area (Å²) in [6.45, 7) is 2.22. The molecule has 0 radical (unpaired) electrons. The molecule has 1 unspecified atom stereocenters. The van der Waals surface area contributed by atoms with Gasteiger partial charge in [0, 0.05) is 29.6 Å². The van der Waals surface area contributed by atoms with Crippen LogP contribution in [0.25, 0.3) is 10.7 Å². The topological polar surface area (TPSA) is 129 Å². The molecule has 34 heavy (non-hydrogen) atoms. The van der Waals surface area contributed by atoms with Crippen LogP contribution in [-0.2, 0) is 14.8 Å². The van der Waals surface area contributed by atoms with E-state index in [0.717, 1.165) is 12.8 Å². The Hall–Kier alpha value is -3.07. The summed E-state index contributed by atoms with van der Waals surface area (Å²) < 4.78 is 33.7. The van der Waals surface area contributed by atoms with E-state index in [-0.39, 0.29) is 17.3 Å². The lowest BCUT2D eigenvalue weighted by molar-refractivity contribution is -0.120. The SMILES string of the molecule is Cc1sc(-c2noc(C3CC3)n2)cc1S(=O)(=O)N1CCCC(C(=O)Nc2cccc(C#N)c2)C1. The number of amides is 1. The first-order valence-electron chi connectivity index (χ1n) is 11.1. The van der Waals surface area contributed by atoms with E-state index >= 15 is 0 Å². The van der Waals surface area contributed by atoms with Crippen molar-refractivity contribution in [3.8, 4) is 16.8 Å². The van der Waals surface area contributed by atoms with Crippen molar-refractivity contribution in [3.63, 3.8) is 0 Å². The van der Waals surface area contributed by atoms with Crippen molar-refractivity contribution >= 4 is 33.0 Å². The zero-order chi connectivity index (χ0) is 23.9. The number of aromatic nitrogens is 2. The van der Waals surface area contributed by atoms with E-state index in [9.17, 15) is 13.2 Å². The predicted octanol–water partition coefficient (Wildman–Crippen LogP) is 3.90. The highest BCUT2D eigenvalue weighted by atomic mass is 32.2. The molecule has 11 heteroatoms. The molecule has 1 saturated heterocycles. The third kappa shape index (κ3) is 4.49. The number of anilines is 1. The number of nitrogens with zero attached hydrogens (tertiary/aromatic N) is 4. The summed E-state index contributed by atoms with van der Waals surface area (Å²) in [7, 11) is -3.79. The number of thiophene rings is 1. The second kappa shape index (κ2) is 8.94. The number of sulfonamides is 1. The zero-order valence-electron chi connectivity index (χ0n) is 18.5. The molecular formula is C23H23N5O4S2. The van der Waals surface area contributed by atoms with Crippen LogP contribution in [-0.4, -0.2) is 41.9 Å². The summed E-state index contributed by atoms with van der Waals surface area (Å²) in [4.78, 5) is 18.8. The first-order valence-corrected chi connectivity index (χ1v) is 13.4. The van der Waals surface area contributed by atoms with Gasteiger partial charge >= 0.3 is 0 Å². The number of nitriles is 1. The lowest BCUT2D eigenvalue weighted by Gasteiger charge is -2.31. The van der Waals surface area contributed by atoms with Crippen molar-refractivity contribution in [2.45, 2.75) is 43.4 Å². The molecule has 1 aliphatic carbocycles. The van der Waals surface area contributed by atoms with Gasteiger partial charge in [0.25, 0.3) is 0 Å². The monoisotopic (exact) mass is 497 g/mol. The van der Waals surface area contributed by atoms with Gasteiger partial charge in [-0.2, -0.15) is 14.6 Å². The smallest absolute Gasteiger partial charge is 0.244 e. The first-order chi connectivity index (χ1) is 16.3. The van der Waals surface area contributed by atoms with Crippen LogP contribution in [0.15, 0.2) is 39.8 Å². The summed E-state index contributed by atoms with van der Waals surface area (Å²) in [5, 5.41) is 15.9. The standard InChI is InChI=1S/C23H23N5O4S2/c1-14-20(11-19(33-14)21-26-23(32-27-21)16-7-8-16)34(30,31)28-9-3-5-17(13-28)22(29)25-18-6-2-4-15(10-18)12-24/h2,4,6,10-11,16-17H,3,5,7-9,13H2,1H3,(H,25,29). The van der Waals surface area contributed by atoms with Crippen molar-refractivity contribution in [3.05, 3.63) is 46.7 Å². The number of carbonyl (C=O) groups excluding carboxylic acids is 1. The molecule has 5 rings (SSSR count). The molecule has 0 bridgehead atoms. The van der Waals surface area contributed by atoms with E-state index in [1.165, 1.54) is 15.6 Å². The van der Waals surface area contributed by atoms with Crippen LogP contribution < -0.4 is 5.32 Å². The van der Waals surface area contributed by atoms with Gasteiger partial charge in [-0.15, -0.1) is 11.3 Å². The van der Waals surface area contributed by atoms with Crippen LogP contribution in [0.5, 0.6) is 0 Å². The van der Waals surface area contributed by atoms with E-state index in [0.29, 0.717) is 58.0 Å². The van der Waals surface area contributed by atoms with E-state index in [1.54, 1.807) is 37.3 Å². The fourth-order valence-electron chi connectivity index (χ4n) is 4.09. The number of rotatable bonds is 6. The van der Waals surface area contributed by atoms with Crippen LogP contribution >= 0.6 is 11.3 Å². The van der Waals surface area contributed by atoms with Gasteiger partial charge in [-0.05, 0) is 56.9 Å². The number of aryl methyl sites for hydroxylation is 1. The predicted molar refractivity (Wildman–Crippen MR) is 126 cm³/mol. The highest BCUT2D eigenvalue weighted by Gasteiger charge is 2.35. The van der Waals surface area contributed by atoms with E-state index in [1.807, 2.05) is 6.07 Å². The normalized spacial score (nSPS) is 19.0. The summed E-state index contributed by atoms with van der Waals surface area (Å²) in [6, 6.07) is 10.3. The average molecular weight is 498 g/mol. The Labute approximate surface area is 201 Å². The largest absolute Gasteiger partial charge is 0.339 e. The van der Waals surface area contributed by atoms with Crippen LogP contribution in [0.2, 0.25) is 0 Å². The highest BCUT2D eigenvalue weighted by Crippen LogP contribution is 2.41. The number of benzene rings is 1. The number of piperidine rings is 1. The maximum atomic E-state index is 13.5. The minimum atomic E-state index is -3.79. The molecule has 0 spiro atoms. The summed E-state index contributed by atoms with van der Waals surface area (Å²) in [6.07, 6.45) is 3.26. The first kappa shape index (κ1) is 22.7. The Morgan fingerprint density at radius 1 is 1.29 bits per heavy atom. The van der Waals surface area contributed by atoms with E-state index in [4.69, 9.17) is 9.78 Å². The van der Waals surface area contributed by atoms with Gasteiger partial charge < -0.3 is 9.84 Å². The quantitative estimate of drug-likeness (QED) is 0.547. The van der Waals surface area contributed by atoms with Gasteiger partial charge in [0.15, 0.2) is 0 Å². The number of carbonyl (C=O) groups is 1. The van der Waals surface area contributed by atoms with Crippen LogP contribution in [0, 0.1) is 24.2 Å². The molecular weight excluding hydrogens is 474 g/mol. The molecule has 2 fully saturated rings. The fraction of sp³-hybridized carbons (Fsp3) is 0.391. The average Bonchev–Trinajstić information content (AvgIpc) is 3.43. The fourth-order valence-corrected chi connectivity index (χ4v) is 7.10. The van der Waals surface area contributed by atoms with Gasteiger partial charge in [0.05, 0.1) is 27.3 Å². The van der Waals surface area contributed by atoms with Crippen LogP contribution in [0.4, 0.5) is 5.69 Å². The minimum Gasteiger partial charge on any atom is -0.339 e. The van der Waals surface area contributed by atoms with Gasteiger partial charge in [-0.3, -0.25) is 4.79 Å². The summed E-state index contributed by atoms with van der Waals surface area (Å²) in [5.41, 5.74) is 0.966. The molecule has 1 aromatic carbocycles. The van der Waals surface area contributed by atoms with Crippen molar-refractivity contribution in [2.75, 3.05) is 18.4 Å². The molecule has 1 aliphatic heterocycles. The van der Waals surface area contributed by atoms with E-state index in [2.05, 4.69) is 15.5 Å². The van der Waals surface area contributed by atoms with Crippen molar-refractivity contribution in [1.82, 2.24) is 14.4 Å².